The summed E-state index contributed by atoms with van der Waals surface area (Å²) in [6, 6.07) is 0. The van der Waals surface area contributed by atoms with Crippen LogP contribution in [-0.4, -0.2) is 19.6 Å². The van der Waals surface area contributed by atoms with Crippen molar-refractivity contribution in [1.82, 2.24) is 0 Å². The smallest absolute Gasteiger partial charge is 0.313 e. The highest BCUT2D eigenvalue weighted by Gasteiger charge is 2.50. The van der Waals surface area contributed by atoms with E-state index in [1.54, 1.807) is 0 Å². The number of hydrogen-bond acceptors (Lipinski definition) is 3. The van der Waals surface area contributed by atoms with Crippen molar-refractivity contribution >= 4 is 5.97 Å². The molecule has 0 aromatic rings. The Morgan fingerprint density at radius 2 is 2.13 bits per heavy atom. The summed E-state index contributed by atoms with van der Waals surface area (Å²) in [7, 11) is 1.47. The number of unbranched alkanes of at least 4 members (excludes halogenated alkanes) is 2. The van der Waals surface area contributed by atoms with Crippen LogP contribution >= 0.6 is 0 Å². The fourth-order valence-electron chi connectivity index (χ4n) is 2.35. The Hall–Kier alpha value is -0.570. The van der Waals surface area contributed by atoms with E-state index in [4.69, 9.17) is 10.5 Å². The minimum absolute atomic E-state index is 0.0939. The molecule has 1 fully saturated rings. The van der Waals surface area contributed by atoms with Crippen LogP contribution in [0.1, 0.15) is 45.4 Å². The molecule has 0 bridgehead atoms. The van der Waals surface area contributed by atoms with E-state index < -0.39 is 0 Å². The first kappa shape index (κ1) is 12.5. The molecule has 1 aliphatic carbocycles. The molecule has 0 aliphatic heterocycles. The third-order valence-electron chi connectivity index (χ3n) is 3.54. The lowest BCUT2D eigenvalue weighted by Gasteiger charge is -2.29. The first-order chi connectivity index (χ1) is 7.21. The number of rotatable bonds is 7. The van der Waals surface area contributed by atoms with E-state index in [0.717, 1.165) is 25.7 Å². The van der Waals surface area contributed by atoms with Gasteiger partial charge in [-0.05, 0) is 25.2 Å². The second-order valence-corrected chi connectivity index (χ2v) is 4.58. The van der Waals surface area contributed by atoms with Crippen LogP contribution in [0.5, 0.6) is 0 Å². The number of methoxy groups -OCH3 is 1. The van der Waals surface area contributed by atoms with Crippen LogP contribution in [0.2, 0.25) is 0 Å². The molecule has 0 amide bonds. The Bertz CT molecular complexity index is 214. The minimum atomic E-state index is -0.371. The Balaban J connectivity index is 2.61. The van der Waals surface area contributed by atoms with Gasteiger partial charge in [-0.15, -0.1) is 0 Å². The van der Waals surface area contributed by atoms with Crippen molar-refractivity contribution in [1.29, 1.82) is 0 Å². The highest BCUT2D eigenvalue weighted by Crippen LogP contribution is 2.48. The lowest BCUT2D eigenvalue weighted by Crippen LogP contribution is -2.41. The molecule has 0 spiro atoms. The minimum Gasteiger partial charge on any atom is -0.469 e. The van der Waals surface area contributed by atoms with Gasteiger partial charge in [0, 0.05) is 6.54 Å². The molecule has 3 nitrogen and oxygen atoms in total. The summed E-state index contributed by atoms with van der Waals surface area (Å²) in [5.41, 5.74) is 5.44. The lowest BCUT2D eigenvalue weighted by molar-refractivity contribution is -0.154. The van der Waals surface area contributed by atoms with Gasteiger partial charge in [0.15, 0.2) is 0 Å². The molecule has 15 heavy (non-hydrogen) atoms. The molecule has 0 aromatic heterocycles. The summed E-state index contributed by atoms with van der Waals surface area (Å²) < 4.78 is 4.92. The summed E-state index contributed by atoms with van der Waals surface area (Å²) in [4.78, 5) is 11.8. The highest BCUT2D eigenvalue weighted by molar-refractivity contribution is 5.78. The van der Waals surface area contributed by atoms with Gasteiger partial charge in [0.25, 0.3) is 0 Å². The molecule has 1 aliphatic rings. The first-order valence-corrected chi connectivity index (χ1v) is 5.99. The molecule has 0 heterocycles. The van der Waals surface area contributed by atoms with Crippen molar-refractivity contribution in [2.45, 2.75) is 45.4 Å². The van der Waals surface area contributed by atoms with Crippen molar-refractivity contribution in [2.75, 3.05) is 13.7 Å². The van der Waals surface area contributed by atoms with Crippen LogP contribution in [0.4, 0.5) is 0 Å². The summed E-state index contributed by atoms with van der Waals surface area (Å²) in [6.07, 6.45) is 6.60. The van der Waals surface area contributed by atoms with Gasteiger partial charge >= 0.3 is 5.97 Å². The first-order valence-electron chi connectivity index (χ1n) is 5.99. The molecule has 1 saturated carbocycles. The Labute approximate surface area is 92.4 Å². The van der Waals surface area contributed by atoms with Crippen molar-refractivity contribution in [2.24, 2.45) is 17.1 Å². The predicted octanol–water partition coefficient (Wildman–Crippen LogP) is 2.09. The normalized spacial score (nSPS) is 19.7. The second-order valence-electron chi connectivity index (χ2n) is 4.58. The molecule has 1 rings (SSSR count). The second kappa shape index (κ2) is 5.50. The van der Waals surface area contributed by atoms with Crippen molar-refractivity contribution < 1.29 is 9.53 Å². The highest BCUT2D eigenvalue weighted by atomic mass is 16.5. The van der Waals surface area contributed by atoms with Crippen molar-refractivity contribution in [3.8, 4) is 0 Å². The number of esters is 1. The zero-order valence-corrected chi connectivity index (χ0v) is 9.92. The van der Waals surface area contributed by atoms with Gasteiger partial charge in [0.2, 0.25) is 0 Å². The van der Waals surface area contributed by atoms with Gasteiger partial charge in [-0.2, -0.15) is 0 Å². The van der Waals surface area contributed by atoms with Gasteiger partial charge in [0.1, 0.15) is 0 Å². The molecule has 2 N–H and O–H groups in total. The molecular formula is C12H23NO2. The Kier molecular flexibility index (Phi) is 4.58. The topological polar surface area (TPSA) is 52.3 Å². The molecule has 0 saturated heterocycles. The van der Waals surface area contributed by atoms with Crippen LogP contribution in [-0.2, 0) is 9.53 Å². The van der Waals surface area contributed by atoms with Crippen LogP contribution in [0, 0.1) is 11.3 Å². The maximum Gasteiger partial charge on any atom is 0.313 e. The van der Waals surface area contributed by atoms with Crippen LogP contribution in [0.3, 0.4) is 0 Å². The molecule has 0 radical (unpaired) electrons. The maximum absolute atomic E-state index is 11.8. The van der Waals surface area contributed by atoms with Gasteiger partial charge in [0.05, 0.1) is 12.5 Å². The fourth-order valence-corrected chi connectivity index (χ4v) is 2.35. The number of hydrogen-bond donors (Lipinski definition) is 1. The van der Waals surface area contributed by atoms with Crippen LogP contribution < -0.4 is 5.73 Å². The third-order valence-corrected chi connectivity index (χ3v) is 3.54. The standard InChI is InChI=1S/C12H23NO2/c1-3-4-5-8-12(9-13,10-6-7-10)11(14)15-2/h10H,3-9,13H2,1-2H3. The zero-order chi connectivity index (χ0) is 11.3. The van der Waals surface area contributed by atoms with Gasteiger partial charge in [-0.1, -0.05) is 26.2 Å². The fraction of sp³-hybridized carbons (Fsp3) is 0.917. The summed E-state index contributed by atoms with van der Waals surface area (Å²) in [5, 5.41) is 0. The van der Waals surface area contributed by atoms with E-state index in [9.17, 15) is 4.79 Å². The average Bonchev–Trinajstić information content (AvgIpc) is 3.08. The van der Waals surface area contributed by atoms with Crippen LogP contribution in [0.15, 0.2) is 0 Å². The van der Waals surface area contributed by atoms with Crippen molar-refractivity contribution in [3.63, 3.8) is 0 Å². The quantitative estimate of drug-likeness (QED) is 0.520. The molecule has 1 unspecified atom stereocenters. The molecular weight excluding hydrogens is 190 g/mol. The summed E-state index contributed by atoms with van der Waals surface area (Å²) in [6.45, 7) is 2.60. The molecule has 88 valence electrons. The van der Waals surface area contributed by atoms with Crippen LogP contribution in [0.25, 0.3) is 0 Å². The summed E-state index contributed by atoms with van der Waals surface area (Å²) >= 11 is 0. The van der Waals surface area contributed by atoms with E-state index in [0.29, 0.717) is 12.5 Å². The lowest BCUT2D eigenvalue weighted by atomic mass is 9.78. The average molecular weight is 213 g/mol. The van der Waals surface area contributed by atoms with E-state index in [2.05, 4.69) is 6.92 Å². The van der Waals surface area contributed by atoms with E-state index in [-0.39, 0.29) is 11.4 Å². The van der Waals surface area contributed by atoms with Crippen molar-refractivity contribution in [3.05, 3.63) is 0 Å². The molecule has 0 aromatic carbocycles. The number of ether oxygens (including phenoxy) is 1. The monoisotopic (exact) mass is 213 g/mol. The van der Waals surface area contributed by atoms with E-state index in [1.807, 2.05) is 0 Å². The SMILES string of the molecule is CCCCCC(CN)(C(=O)OC)C1CC1. The van der Waals surface area contributed by atoms with Gasteiger partial charge in [-0.3, -0.25) is 4.79 Å². The number of carbonyl (C=O) groups is 1. The Morgan fingerprint density at radius 1 is 1.47 bits per heavy atom. The maximum atomic E-state index is 11.8. The number of nitrogens with two attached hydrogens (primary N) is 1. The van der Waals surface area contributed by atoms with Gasteiger partial charge < -0.3 is 10.5 Å². The van der Waals surface area contributed by atoms with Gasteiger partial charge in [-0.25, -0.2) is 0 Å². The van der Waals surface area contributed by atoms with E-state index in [1.165, 1.54) is 20.0 Å². The number of carbonyl (C=O) groups excluding carboxylic acids is 1. The zero-order valence-electron chi connectivity index (χ0n) is 9.92. The third kappa shape index (κ3) is 2.71. The molecule has 3 heteroatoms. The Morgan fingerprint density at radius 3 is 2.53 bits per heavy atom. The largest absolute Gasteiger partial charge is 0.469 e. The predicted molar refractivity (Wildman–Crippen MR) is 60.4 cm³/mol. The molecule has 1 atom stereocenters. The summed E-state index contributed by atoms with van der Waals surface area (Å²) in [5.74, 6) is 0.385. The van der Waals surface area contributed by atoms with E-state index >= 15 is 0 Å².